The number of Topliss-reactive ketones (excluding diaryl/α,β-unsaturated/α-hetero) is 1. The van der Waals surface area contributed by atoms with Gasteiger partial charge in [-0.15, -0.1) is 0 Å². The fourth-order valence-corrected chi connectivity index (χ4v) is 6.53. The average Bonchev–Trinajstić information content (AvgIpc) is 3.48. The van der Waals surface area contributed by atoms with Crippen LogP contribution in [0.2, 0.25) is 10.0 Å². The number of halogens is 2. The summed E-state index contributed by atoms with van der Waals surface area (Å²) >= 11 is 13.4. The van der Waals surface area contributed by atoms with Gasteiger partial charge in [0, 0.05) is 75.7 Å². The van der Waals surface area contributed by atoms with Gasteiger partial charge >= 0.3 is 0 Å². The molecule has 0 bridgehead atoms. The number of fused-ring (bicyclic) bond motifs is 1. The summed E-state index contributed by atoms with van der Waals surface area (Å²) in [5.41, 5.74) is 3.28. The zero-order valence-electron chi connectivity index (χ0n) is 28.2. The lowest BCUT2D eigenvalue weighted by molar-refractivity contribution is -0.132. The zero-order valence-corrected chi connectivity index (χ0v) is 29.7. The number of rotatable bonds is 15. The van der Waals surface area contributed by atoms with Gasteiger partial charge in [0.1, 0.15) is 23.7 Å². The molecule has 49 heavy (non-hydrogen) atoms. The number of nitrogens with zero attached hydrogens (tertiary/aromatic N) is 6. The van der Waals surface area contributed by atoms with Crippen LogP contribution in [0.1, 0.15) is 50.3 Å². The van der Waals surface area contributed by atoms with E-state index in [1.807, 2.05) is 52.8 Å². The first-order valence-corrected chi connectivity index (χ1v) is 17.3. The van der Waals surface area contributed by atoms with Crippen molar-refractivity contribution in [3.63, 3.8) is 0 Å². The molecule has 0 spiro atoms. The summed E-state index contributed by atoms with van der Waals surface area (Å²) in [6.07, 6.45) is 3.63. The molecule has 4 aromatic rings. The number of carbonyl (C=O) groups excluding carboxylic acids is 3. The van der Waals surface area contributed by atoms with Gasteiger partial charge in [-0.2, -0.15) is 4.98 Å². The third-order valence-corrected chi connectivity index (χ3v) is 9.56. The minimum atomic E-state index is -0.225. The molecule has 1 saturated heterocycles. The molecule has 1 aliphatic rings. The summed E-state index contributed by atoms with van der Waals surface area (Å²) < 4.78 is 13.7. The SMILES string of the molecule is CCC(=O)N1CCN(CCCC(=O)CCC(=O)N(C)c2ccc(Cl)c(COc3cccc4c3nc(OC)n4Cc3ccccn3)c2Cl)CC1. The highest BCUT2D eigenvalue weighted by molar-refractivity contribution is 6.38. The second-order valence-electron chi connectivity index (χ2n) is 11.9. The molecule has 13 heteroatoms. The third-order valence-electron chi connectivity index (χ3n) is 8.78. The van der Waals surface area contributed by atoms with Crippen molar-refractivity contribution >= 4 is 57.5 Å². The van der Waals surface area contributed by atoms with Crippen LogP contribution in [0.4, 0.5) is 5.69 Å². The van der Waals surface area contributed by atoms with Gasteiger partial charge in [-0.05, 0) is 49.4 Å². The van der Waals surface area contributed by atoms with E-state index in [9.17, 15) is 14.4 Å². The first kappa shape index (κ1) is 36.1. The predicted molar refractivity (Wildman–Crippen MR) is 191 cm³/mol. The number of methoxy groups -OCH3 is 1. The molecule has 2 aromatic carbocycles. The lowest BCUT2D eigenvalue weighted by Crippen LogP contribution is -2.48. The summed E-state index contributed by atoms with van der Waals surface area (Å²) in [7, 11) is 3.20. The van der Waals surface area contributed by atoms with Crippen molar-refractivity contribution in [1.29, 1.82) is 0 Å². The second kappa shape index (κ2) is 17.0. The highest BCUT2D eigenvalue weighted by atomic mass is 35.5. The van der Waals surface area contributed by atoms with E-state index >= 15 is 0 Å². The molecule has 0 atom stereocenters. The number of aromatic nitrogens is 3. The van der Waals surface area contributed by atoms with Crippen LogP contribution in [-0.4, -0.2) is 88.8 Å². The number of anilines is 1. The van der Waals surface area contributed by atoms with Crippen molar-refractivity contribution in [3.8, 4) is 11.8 Å². The number of ketones is 1. The van der Waals surface area contributed by atoms with Crippen molar-refractivity contribution < 1.29 is 23.9 Å². The standard InChI is InChI=1S/C36H42Cl2N6O5/c1-4-32(46)43-21-19-42(20-22-43)18-8-10-26(45)13-16-33(47)41(2)29-15-14-28(37)27(34(29)38)24-49-31-12-7-11-30-35(31)40-36(48-3)44(30)23-25-9-5-6-17-39-25/h5-7,9,11-12,14-15,17H,4,8,10,13,16,18-24H2,1-3H3. The Balaban J connectivity index is 1.16. The third kappa shape index (κ3) is 8.89. The lowest BCUT2D eigenvalue weighted by atomic mass is 10.1. The number of ether oxygens (including phenoxy) is 2. The summed E-state index contributed by atoms with van der Waals surface area (Å²) in [6.45, 7) is 6.28. The number of carbonyl (C=O) groups is 3. The summed E-state index contributed by atoms with van der Waals surface area (Å²) in [5.74, 6) is 0.526. The smallest absolute Gasteiger partial charge is 0.297 e. The Labute approximate surface area is 296 Å². The Hall–Kier alpha value is -4.19. The van der Waals surface area contributed by atoms with Crippen molar-refractivity contribution in [3.05, 3.63) is 76.0 Å². The molecular formula is C36H42Cl2N6O5. The first-order valence-electron chi connectivity index (χ1n) is 16.5. The highest BCUT2D eigenvalue weighted by Gasteiger charge is 2.22. The van der Waals surface area contributed by atoms with E-state index in [1.54, 1.807) is 32.5 Å². The van der Waals surface area contributed by atoms with Crippen LogP contribution < -0.4 is 14.4 Å². The molecule has 1 aliphatic heterocycles. The number of amides is 2. The summed E-state index contributed by atoms with van der Waals surface area (Å²) in [6, 6.07) is 15.1. The van der Waals surface area contributed by atoms with E-state index in [-0.39, 0.29) is 37.0 Å². The van der Waals surface area contributed by atoms with E-state index in [0.717, 1.165) is 50.4 Å². The van der Waals surface area contributed by atoms with Gasteiger partial charge in [0.15, 0.2) is 0 Å². The maximum Gasteiger partial charge on any atom is 0.297 e. The van der Waals surface area contributed by atoms with E-state index in [2.05, 4.69) is 14.9 Å². The fraction of sp³-hybridized carbons (Fsp3) is 0.417. The number of piperazine rings is 1. The van der Waals surface area contributed by atoms with Gasteiger partial charge in [-0.3, -0.25) is 28.8 Å². The zero-order chi connectivity index (χ0) is 34.9. The van der Waals surface area contributed by atoms with Crippen molar-refractivity contribution in [1.82, 2.24) is 24.3 Å². The van der Waals surface area contributed by atoms with Crippen molar-refractivity contribution in [2.24, 2.45) is 0 Å². The Morgan fingerprint density at radius 2 is 1.76 bits per heavy atom. The molecule has 2 amide bonds. The Kier molecular flexibility index (Phi) is 12.5. The van der Waals surface area contributed by atoms with Crippen LogP contribution in [0.25, 0.3) is 11.0 Å². The van der Waals surface area contributed by atoms with Gasteiger partial charge in [-0.1, -0.05) is 42.3 Å². The quantitative estimate of drug-likeness (QED) is 0.148. The van der Waals surface area contributed by atoms with E-state index in [1.165, 1.54) is 4.90 Å². The van der Waals surface area contributed by atoms with E-state index in [0.29, 0.717) is 58.0 Å². The number of pyridine rings is 1. The molecule has 0 N–H and O–H groups in total. The Morgan fingerprint density at radius 3 is 2.47 bits per heavy atom. The highest BCUT2D eigenvalue weighted by Crippen LogP contribution is 2.36. The summed E-state index contributed by atoms with van der Waals surface area (Å²) in [4.78, 5) is 52.4. The Morgan fingerprint density at radius 1 is 0.959 bits per heavy atom. The van der Waals surface area contributed by atoms with Crippen LogP contribution in [0.5, 0.6) is 11.8 Å². The summed E-state index contributed by atoms with van der Waals surface area (Å²) in [5, 5.41) is 0.689. The molecule has 5 rings (SSSR count). The van der Waals surface area contributed by atoms with Crippen LogP contribution in [0, 0.1) is 0 Å². The van der Waals surface area contributed by atoms with Gasteiger partial charge < -0.3 is 19.3 Å². The number of imidazole rings is 1. The molecule has 11 nitrogen and oxygen atoms in total. The van der Waals surface area contributed by atoms with Crippen molar-refractivity contribution in [2.45, 2.75) is 52.2 Å². The van der Waals surface area contributed by atoms with Gasteiger partial charge in [-0.25, -0.2) is 0 Å². The normalized spacial score (nSPS) is 13.4. The topological polar surface area (TPSA) is 110 Å². The largest absolute Gasteiger partial charge is 0.486 e. The first-order chi connectivity index (χ1) is 23.7. The molecule has 3 heterocycles. The molecular weight excluding hydrogens is 667 g/mol. The maximum atomic E-state index is 13.1. The Bertz CT molecular complexity index is 1770. The molecule has 0 saturated carbocycles. The molecule has 260 valence electrons. The van der Waals surface area contributed by atoms with Gasteiger partial charge in [0.2, 0.25) is 11.8 Å². The molecule has 0 radical (unpaired) electrons. The fourth-order valence-electron chi connectivity index (χ4n) is 5.92. The molecule has 0 unspecified atom stereocenters. The molecule has 2 aromatic heterocycles. The monoisotopic (exact) mass is 708 g/mol. The minimum absolute atomic E-state index is 0.0323. The molecule has 0 aliphatic carbocycles. The van der Waals surface area contributed by atoms with Crippen LogP contribution >= 0.6 is 23.2 Å². The number of hydrogen-bond acceptors (Lipinski definition) is 8. The predicted octanol–water partition coefficient (Wildman–Crippen LogP) is 6.02. The maximum absolute atomic E-state index is 13.1. The van der Waals surface area contributed by atoms with E-state index in [4.69, 9.17) is 32.7 Å². The molecule has 1 fully saturated rings. The number of benzene rings is 2. The number of hydrogen-bond donors (Lipinski definition) is 0. The number of para-hydroxylation sites is 1. The average molecular weight is 710 g/mol. The minimum Gasteiger partial charge on any atom is -0.486 e. The second-order valence-corrected chi connectivity index (χ2v) is 12.7. The lowest BCUT2D eigenvalue weighted by Gasteiger charge is -2.34. The van der Waals surface area contributed by atoms with Crippen LogP contribution in [0.15, 0.2) is 54.7 Å². The van der Waals surface area contributed by atoms with E-state index < -0.39 is 0 Å². The van der Waals surface area contributed by atoms with Crippen LogP contribution in [0.3, 0.4) is 0 Å². The van der Waals surface area contributed by atoms with Crippen molar-refractivity contribution in [2.75, 3.05) is 51.8 Å². The van der Waals surface area contributed by atoms with Gasteiger partial charge in [0.25, 0.3) is 6.01 Å². The van der Waals surface area contributed by atoms with Crippen LogP contribution in [-0.2, 0) is 27.5 Å². The van der Waals surface area contributed by atoms with Gasteiger partial charge in [0.05, 0.1) is 35.6 Å².